The molecule has 24 heavy (non-hydrogen) atoms. The van der Waals surface area contributed by atoms with Gasteiger partial charge in [0, 0.05) is 31.8 Å². The van der Waals surface area contributed by atoms with Gasteiger partial charge in [0.15, 0.2) is 0 Å². The molecule has 1 unspecified atom stereocenters. The predicted octanol–water partition coefficient (Wildman–Crippen LogP) is 2.42. The van der Waals surface area contributed by atoms with Gasteiger partial charge in [-0.25, -0.2) is 4.79 Å². The summed E-state index contributed by atoms with van der Waals surface area (Å²) >= 11 is 0. The van der Waals surface area contributed by atoms with Crippen molar-refractivity contribution < 1.29 is 23.9 Å². The van der Waals surface area contributed by atoms with Crippen LogP contribution in [0.5, 0.6) is 5.75 Å². The van der Waals surface area contributed by atoms with E-state index in [1.54, 1.807) is 36.1 Å². The van der Waals surface area contributed by atoms with E-state index < -0.39 is 5.97 Å². The predicted molar refractivity (Wildman–Crippen MR) is 87.7 cm³/mol. The molecule has 1 N–H and O–H groups in total. The number of hydrogen-bond donors (Lipinski definition) is 1. The van der Waals surface area contributed by atoms with Crippen LogP contribution in [0.2, 0.25) is 0 Å². The molecule has 1 aromatic carbocycles. The molecule has 1 fully saturated rings. The molecule has 7 nitrogen and oxygen atoms in total. The van der Waals surface area contributed by atoms with Gasteiger partial charge in [0.1, 0.15) is 5.75 Å². The number of nitrogens with zero attached hydrogens (tertiary/aromatic N) is 1. The Balaban J connectivity index is 1.96. The Kier molecular flexibility index (Phi) is 6.17. The van der Waals surface area contributed by atoms with Crippen molar-refractivity contribution in [2.24, 2.45) is 5.92 Å². The Labute approximate surface area is 140 Å². The fraction of sp³-hybridized carbons (Fsp3) is 0.471. The van der Waals surface area contributed by atoms with Gasteiger partial charge in [-0.05, 0) is 31.9 Å². The lowest BCUT2D eigenvalue weighted by Gasteiger charge is -2.31. The molecule has 7 heteroatoms. The van der Waals surface area contributed by atoms with Crippen molar-refractivity contribution in [2.75, 3.05) is 25.0 Å². The number of ether oxygens (including phenoxy) is 2. The van der Waals surface area contributed by atoms with Crippen molar-refractivity contribution in [3.63, 3.8) is 0 Å². The number of piperidine rings is 1. The fourth-order valence-corrected chi connectivity index (χ4v) is 2.62. The van der Waals surface area contributed by atoms with E-state index in [-0.39, 0.29) is 17.9 Å². The standard InChI is InChI=1S/C17H22N2O5/c1-3-23-16(21)13-6-5-9-19(11-13)17(22)18-14-7-4-8-15(10-14)24-12(2)20/h4,7-8,10,13H,3,5-6,9,11H2,1-2H3,(H,18,22). The number of carbonyl (C=O) groups excluding carboxylic acids is 3. The van der Waals surface area contributed by atoms with Crippen LogP contribution in [-0.2, 0) is 14.3 Å². The second kappa shape index (κ2) is 8.33. The van der Waals surface area contributed by atoms with Crippen molar-refractivity contribution in [1.29, 1.82) is 0 Å². The normalized spacial score (nSPS) is 17.1. The van der Waals surface area contributed by atoms with Gasteiger partial charge < -0.3 is 19.7 Å². The maximum atomic E-state index is 12.4. The minimum atomic E-state index is -0.424. The Morgan fingerprint density at radius 2 is 2.12 bits per heavy atom. The average molecular weight is 334 g/mol. The number of benzene rings is 1. The first kappa shape index (κ1) is 17.8. The first-order valence-electron chi connectivity index (χ1n) is 8.00. The smallest absolute Gasteiger partial charge is 0.321 e. The summed E-state index contributed by atoms with van der Waals surface area (Å²) in [5.41, 5.74) is 0.525. The summed E-state index contributed by atoms with van der Waals surface area (Å²) in [6.45, 7) is 4.35. The first-order chi connectivity index (χ1) is 11.5. The topological polar surface area (TPSA) is 84.9 Å². The van der Waals surface area contributed by atoms with Gasteiger partial charge in [-0.3, -0.25) is 9.59 Å². The number of urea groups is 1. The van der Waals surface area contributed by atoms with Crippen molar-refractivity contribution in [2.45, 2.75) is 26.7 Å². The summed E-state index contributed by atoms with van der Waals surface area (Å²) in [4.78, 5) is 36.8. The highest BCUT2D eigenvalue weighted by molar-refractivity contribution is 5.90. The summed E-state index contributed by atoms with van der Waals surface area (Å²) in [6.07, 6.45) is 1.48. The summed E-state index contributed by atoms with van der Waals surface area (Å²) < 4.78 is 10.0. The van der Waals surface area contributed by atoms with Gasteiger partial charge >= 0.3 is 18.0 Å². The summed E-state index contributed by atoms with van der Waals surface area (Å²) in [5, 5.41) is 2.76. The number of carbonyl (C=O) groups is 3. The molecule has 1 saturated heterocycles. The molecule has 1 aliphatic heterocycles. The van der Waals surface area contributed by atoms with E-state index in [4.69, 9.17) is 9.47 Å². The lowest BCUT2D eigenvalue weighted by molar-refractivity contribution is -0.149. The Morgan fingerprint density at radius 1 is 1.33 bits per heavy atom. The number of rotatable bonds is 4. The molecule has 0 saturated carbocycles. The van der Waals surface area contributed by atoms with E-state index in [0.29, 0.717) is 31.1 Å². The van der Waals surface area contributed by atoms with Crippen LogP contribution in [0.4, 0.5) is 10.5 Å². The summed E-state index contributed by atoms with van der Waals surface area (Å²) in [6, 6.07) is 6.31. The highest BCUT2D eigenvalue weighted by Gasteiger charge is 2.29. The van der Waals surface area contributed by atoms with Crippen LogP contribution in [0, 0.1) is 5.92 Å². The first-order valence-corrected chi connectivity index (χ1v) is 8.00. The number of amides is 2. The highest BCUT2D eigenvalue weighted by atomic mass is 16.5. The van der Waals surface area contributed by atoms with Crippen molar-refractivity contribution in [3.05, 3.63) is 24.3 Å². The van der Waals surface area contributed by atoms with E-state index in [0.717, 1.165) is 12.8 Å². The summed E-state index contributed by atoms with van der Waals surface area (Å²) in [7, 11) is 0. The van der Waals surface area contributed by atoms with Crippen molar-refractivity contribution in [3.8, 4) is 5.75 Å². The second-order valence-corrected chi connectivity index (χ2v) is 5.59. The molecule has 0 aromatic heterocycles. The molecule has 1 heterocycles. The molecule has 1 aliphatic rings. The number of esters is 2. The van der Waals surface area contributed by atoms with Crippen LogP contribution in [0.1, 0.15) is 26.7 Å². The zero-order valence-corrected chi connectivity index (χ0v) is 13.9. The molecule has 0 bridgehead atoms. The van der Waals surface area contributed by atoms with Crippen molar-refractivity contribution >= 4 is 23.7 Å². The monoisotopic (exact) mass is 334 g/mol. The van der Waals surface area contributed by atoms with E-state index in [1.807, 2.05) is 0 Å². The number of hydrogen-bond acceptors (Lipinski definition) is 5. The number of nitrogens with one attached hydrogen (secondary N) is 1. The molecule has 0 radical (unpaired) electrons. The minimum Gasteiger partial charge on any atom is -0.466 e. The molecular formula is C17H22N2O5. The third-order valence-corrected chi connectivity index (χ3v) is 3.68. The van der Waals surface area contributed by atoms with E-state index in [1.165, 1.54) is 6.92 Å². The Bertz CT molecular complexity index is 617. The third-order valence-electron chi connectivity index (χ3n) is 3.68. The van der Waals surface area contributed by atoms with Crippen LogP contribution in [0.25, 0.3) is 0 Å². The minimum absolute atomic E-state index is 0.258. The van der Waals surface area contributed by atoms with Gasteiger partial charge in [0.25, 0.3) is 0 Å². The highest BCUT2D eigenvalue weighted by Crippen LogP contribution is 2.21. The molecule has 2 amide bonds. The maximum absolute atomic E-state index is 12.4. The molecule has 1 atom stereocenters. The van der Waals surface area contributed by atoms with E-state index in [9.17, 15) is 14.4 Å². The van der Waals surface area contributed by atoms with E-state index in [2.05, 4.69) is 5.32 Å². The molecular weight excluding hydrogens is 312 g/mol. The van der Waals surface area contributed by atoms with Gasteiger partial charge in [-0.15, -0.1) is 0 Å². The average Bonchev–Trinajstić information content (AvgIpc) is 2.55. The van der Waals surface area contributed by atoms with E-state index >= 15 is 0 Å². The van der Waals surface area contributed by atoms with Crippen LogP contribution in [0.15, 0.2) is 24.3 Å². The van der Waals surface area contributed by atoms with Gasteiger partial charge in [-0.2, -0.15) is 0 Å². The zero-order valence-electron chi connectivity index (χ0n) is 13.9. The lowest BCUT2D eigenvalue weighted by atomic mass is 9.98. The van der Waals surface area contributed by atoms with Crippen LogP contribution in [0.3, 0.4) is 0 Å². The molecule has 2 rings (SSSR count). The van der Waals surface area contributed by atoms with Gasteiger partial charge in [0.05, 0.1) is 12.5 Å². The number of anilines is 1. The third kappa shape index (κ3) is 4.97. The van der Waals surface area contributed by atoms with Gasteiger partial charge in [0.2, 0.25) is 0 Å². The van der Waals surface area contributed by atoms with Crippen LogP contribution in [-0.4, -0.2) is 42.6 Å². The molecule has 0 aliphatic carbocycles. The lowest BCUT2D eigenvalue weighted by Crippen LogP contribution is -2.44. The number of likely N-dealkylation sites (tertiary alicyclic amines) is 1. The summed E-state index contributed by atoms with van der Waals surface area (Å²) in [5.74, 6) is -0.598. The molecule has 1 aromatic rings. The SMILES string of the molecule is CCOC(=O)C1CCCN(C(=O)Nc2cccc(OC(C)=O)c2)C1. The molecule has 0 spiro atoms. The van der Waals surface area contributed by atoms with Crippen LogP contribution >= 0.6 is 0 Å². The molecule has 130 valence electrons. The quantitative estimate of drug-likeness (QED) is 0.675. The Hall–Kier alpha value is -2.57. The fourth-order valence-electron chi connectivity index (χ4n) is 2.62. The second-order valence-electron chi connectivity index (χ2n) is 5.59. The van der Waals surface area contributed by atoms with Crippen molar-refractivity contribution in [1.82, 2.24) is 4.90 Å². The zero-order chi connectivity index (χ0) is 17.5. The van der Waals surface area contributed by atoms with Gasteiger partial charge in [-0.1, -0.05) is 6.07 Å². The largest absolute Gasteiger partial charge is 0.466 e. The van der Waals surface area contributed by atoms with Crippen LogP contribution < -0.4 is 10.1 Å². The Morgan fingerprint density at radius 3 is 2.83 bits per heavy atom. The maximum Gasteiger partial charge on any atom is 0.321 e.